The largest absolute Gasteiger partial charge is 0.345 e. The van der Waals surface area contributed by atoms with Crippen molar-refractivity contribution >= 4 is 0 Å². The number of rotatable bonds is 8. The van der Waals surface area contributed by atoms with Gasteiger partial charge in [-0.05, 0) is 12.8 Å². The summed E-state index contributed by atoms with van der Waals surface area (Å²) >= 11 is 0. The Balaban J connectivity index is 3.15. The predicted molar refractivity (Wildman–Crippen MR) is 97.8 cm³/mol. The normalized spacial score (nSPS) is 14.4. The van der Waals surface area contributed by atoms with E-state index in [0.717, 1.165) is 0 Å². The lowest BCUT2D eigenvalue weighted by Gasteiger charge is -2.28. The molecule has 0 spiro atoms. The molecule has 1 unspecified atom stereocenters. The Labute approximate surface area is 138 Å². The number of nitrogens with zero attached hydrogens (tertiary/aromatic N) is 1. The van der Waals surface area contributed by atoms with E-state index in [0.29, 0.717) is 5.92 Å². The molecule has 0 amide bonds. The maximum Gasteiger partial charge on any atom is 0.109 e. The topological polar surface area (TPSA) is 28.7 Å². The predicted octanol–water partition coefficient (Wildman–Crippen LogP) is 6.47. The van der Waals surface area contributed by atoms with E-state index in [-0.39, 0.29) is 10.8 Å². The molecule has 0 aliphatic carbocycles. The number of aromatic nitrogens is 2. The maximum atomic E-state index is 5.04. The summed E-state index contributed by atoms with van der Waals surface area (Å²) in [5, 5.41) is 0. The summed E-state index contributed by atoms with van der Waals surface area (Å²) in [6.45, 7) is 18.4. The van der Waals surface area contributed by atoms with Gasteiger partial charge in [-0.3, -0.25) is 0 Å². The van der Waals surface area contributed by atoms with Gasteiger partial charge in [0.05, 0.1) is 5.69 Å². The Kier molecular flexibility index (Phi) is 6.70. The van der Waals surface area contributed by atoms with Gasteiger partial charge in [-0.1, -0.05) is 81.1 Å². The van der Waals surface area contributed by atoms with Crippen LogP contribution in [0, 0.1) is 0 Å². The molecule has 1 aromatic rings. The second-order valence-electron chi connectivity index (χ2n) is 8.63. The molecule has 0 saturated carbocycles. The van der Waals surface area contributed by atoms with Crippen LogP contribution in [-0.2, 0) is 10.8 Å². The van der Waals surface area contributed by atoms with Crippen molar-refractivity contribution < 1.29 is 0 Å². The number of nitrogens with one attached hydrogen (secondary N) is 1. The monoisotopic (exact) mass is 306 g/mol. The van der Waals surface area contributed by atoms with Crippen LogP contribution < -0.4 is 0 Å². The van der Waals surface area contributed by atoms with Crippen LogP contribution in [-0.4, -0.2) is 9.97 Å². The van der Waals surface area contributed by atoms with Crippen LogP contribution >= 0.6 is 0 Å². The van der Waals surface area contributed by atoms with Crippen LogP contribution in [0.1, 0.15) is 117 Å². The lowest BCUT2D eigenvalue weighted by atomic mass is 9.78. The minimum Gasteiger partial charge on any atom is -0.345 e. The number of unbranched alkanes of at least 4 members (excludes halogenated alkanes) is 2. The lowest BCUT2D eigenvalue weighted by molar-refractivity contribution is 0.424. The van der Waals surface area contributed by atoms with Gasteiger partial charge in [0, 0.05) is 22.4 Å². The van der Waals surface area contributed by atoms with Crippen LogP contribution in [0.25, 0.3) is 0 Å². The fourth-order valence-corrected chi connectivity index (χ4v) is 3.17. The molecule has 1 atom stereocenters. The Bertz CT molecular complexity index is 449. The zero-order valence-corrected chi connectivity index (χ0v) is 16.3. The summed E-state index contributed by atoms with van der Waals surface area (Å²) in [5.41, 5.74) is 2.91. The maximum absolute atomic E-state index is 5.04. The number of hydrogen-bond acceptors (Lipinski definition) is 1. The van der Waals surface area contributed by atoms with Crippen LogP contribution in [0.5, 0.6) is 0 Å². The summed E-state index contributed by atoms with van der Waals surface area (Å²) in [6, 6.07) is 0. The molecular formula is C20H38N2. The van der Waals surface area contributed by atoms with Crippen molar-refractivity contribution in [3.63, 3.8) is 0 Å². The molecule has 1 N–H and O–H groups in total. The Hall–Kier alpha value is -0.790. The SMILES string of the molecule is CCCCCC(C)(C)c1[nH]c(C(C)CCC)nc1C(C)(C)C. The van der Waals surface area contributed by atoms with E-state index in [9.17, 15) is 0 Å². The average molecular weight is 307 g/mol. The summed E-state index contributed by atoms with van der Waals surface area (Å²) in [5.74, 6) is 1.71. The van der Waals surface area contributed by atoms with Crippen molar-refractivity contribution in [3.05, 3.63) is 17.2 Å². The highest BCUT2D eigenvalue weighted by Gasteiger charge is 2.32. The highest BCUT2D eigenvalue weighted by molar-refractivity contribution is 5.29. The molecule has 1 rings (SSSR count). The quantitative estimate of drug-likeness (QED) is 0.548. The van der Waals surface area contributed by atoms with Gasteiger partial charge in [0.15, 0.2) is 0 Å². The first kappa shape index (κ1) is 19.3. The molecule has 0 saturated heterocycles. The van der Waals surface area contributed by atoms with Crippen molar-refractivity contribution in [2.75, 3.05) is 0 Å². The van der Waals surface area contributed by atoms with Crippen molar-refractivity contribution in [3.8, 4) is 0 Å². The van der Waals surface area contributed by atoms with Gasteiger partial charge in [0.25, 0.3) is 0 Å². The van der Waals surface area contributed by atoms with Crippen LogP contribution in [0.15, 0.2) is 0 Å². The molecule has 1 heterocycles. The minimum atomic E-state index is 0.0953. The fourth-order valence-electron chi connectivity index (χ4n) is 3.17. The summed E-state index contributed by atoms with van der Waals surface area (Å²) in [6.07, 6.45) is 7.54. The fraction of sp³-hybridized carbons (Fsp3) is 0.850. The number of aromatic amines is 1. The standard InChI is InChI=1S/C20H38N2/c1-9-11-12-14-20(7,8)17-16(19(4,5)6)21-18(22-17)15(3)13-10-2/h15H,9-14H2,1-8H3,(H,21,22). The molecule has 0 aromatic carbocycles. The van der Waals surface area contributed by atoms with Gasteiger partial charge in [-0.15, -0.1) is 0 Å². The molecule has 0 fully saturated rings. The molecule has 1 aromatic heterocycles. The number of hydrogen-bond donors (Lipinski definition) is 1. The zero-order valence-electron chi connectivity index (χ0n) is 16.3. The lowest BCUT2D eigenvalue weighted by Crippen LogP contribution is -2.24. The third-order valence-corrected chi connectivity index (χ3v) is 4.70. The Morgan fingerprint density at radius 1 is 1.00 bits per heavy atom. The minimum absolute atomic E-state index is 0.0953. The van der Waals surface area contributed by atoms with E-state index in [1.54, 1.807) is 0 Å². The molecule has 0 aliphatic heterocycles. The average Bonchev–Trinajstić information content (AvgIpc) is 2.85. The molecule has 0 radical (unpaired) electrons. The molecule has 22 heavy (non-hydrogen) atoms. The van der Waals surface area contributed by atoms with Gasteiger partial charge in [0.1, 0.15) is 5.82 Å². The van der Waals surface area contributed by atoms with Crippen molar-refractivity contribution in [2.24, 2.45) is 0 Å². The Morgan fingerprint density at radius 3 is 2.14 bits per heavy atom. The number of H-pyrrole nitrogens is 1. The van der Waals surface area contributed by atoms with Crippen molar-refractivity contribution in [1.29, 1.82) is 0 Å². The summed E-state index contributed by atoms with van der Waals surface area (Å²) in [4.78, 5) is 8.77. The van der Waals surface area contributed by atoms with Gasteiger partial charge in [-0.25, -0.2) is 4.98 Å². The zero-order chi connectivity index (χ0) is 17.0. The highest BCUT2D eigenvalue weighted by atomic mass is 15.0. The van der Waals surface area contributed by atoms with E-state index in [1.165, 1.54) is 55.7 Å². The first-order valence-corrected chi connectivity index (χ1v) is 9.24. The van der Waals surface area contributed by atoms with Crippen molar-refractivity contribution in [1.82, 2.24) is 9.97 Å². The van der Waals surface area contributed by atoms with Gasteiger partial charge < -0.3 is 4.98 Å². The molecule has 0 bridgehead atoms. The van der Waals surface area contributed by atoms with Gasteiger partial charge >= 0.3 is 0 Å². The molecular weight excluding hydrogens is 268 g/mol. The van der Waals surface area contributed by atoms with E-state index < -0.39 is 0 Å². The highest BCUT2D eigenvalue weighted by Crippen LogP contribution is 2.37. The molecule has 128 valence electrons. The van der Waals surface area contributed by atoms with Crippen LogP contribution in [0.2, 0.25) is 0 Å². The first-order valence-electron chi connectivity index (χ1n) is 9.24. The molecule has 2 heteroatoms. The molecule has 0 aliphatic rings. The van der Waals surface area contributed by atoms with E-state index in [4.69, 9.17) is 4.98 Å². The third-order valence-electron chi connectivity index (χ3n) is 4.70. The summed E-state index contributed by atoms with van der Waals surface area (Å²) in [7, 11) is 0. The Morgan fingerprint density at radius 2 is 1.64 bits per heavy atom. The second-order valence-corrected chi connectivity index (χ2v) is 8.63. The molecule has 2 nitrogen and oxygen atoms in total. The first-order chi connectivity index (χ1) is 10.1. The van der Waals surface area contributed by atoms with Gasteiger partial charge in [0.2, 0.25) is 0 Å². The van der Waals surface area contributed by atoms with Crippen LogP contribution in [0.3, 0.4) is 0 Å². The van der Waals surface area contributed by atoms with Crippen LogP contribution in [0.4, 0.5) is 0 Å². The smallest absolute Gasteiger partial charge is 0.109 e. The number of imidazole rings is 1. The van der Waals surface area contributed by atoms with E-state index in [2.05, 4.69) is 60.4 Å². The van der Waals surface area contributed by atoms with Crippen molar-refractivity contribution in [2.45, 2.75) is 111 Å². The van der Waals surface area contributed by atoms with E-state index >= 15 is 0 Å². The third kappa shape index (κ3) is 4.86. The summed E-state index contributed by atoms with van der Waals surface area (Å²) < 4.78 is 0. The second kappa shape index (κ2) is 7.66. The van der Waals surface area contributed by atoms with E-state index in [1.807, 2.05) is 0 Å². The van der Waals surface area contributed by atoms with Gasteiger partial charge in [-0.2, -0.15) is 0 Å².